The highest BCUT2D eigenvalue weighted by atomic mass is 16.5. The highest BCUT2D eigenvalue weighted by Gasteiger charge is 2.20. The number of esters is 1. The van der Waals surface area contributed by atoms with Gasteiger partial charge in [0, 0.05) is 6.54 Å². The van der Waals surface area contributed by atoms with Crippen LogP contribution in [0.4, 0.5) is 4.79 Å². The molecule has 2 rings (SSSR count). The first-order valence-corrected chi connectivity index (χ1v) is 8.14. The van der Waals surface area contributed by atoms with Gasteiger partial charge in [0.05, 0.1) is 25.6 Å². The van der Waals surface area contributed by atoms with Gasteiger partial charge in [-0.3, -0.25) is 4.79 Å². The average molecular weight is 324 g/mol. The van der Waals surface area contributed by atoms with E-state index in [0.29, 0.717) is 18.5 Å². The first-order valence-electron chi connectivity index (χ1n) is 8.14. The minimum Gasteiger partial charge on any atom is -0.466 e. The monoisotopic (exact) mass is 324 g/mol. The Labute approximate surface area is 135 Å². The number of nitrogens with zero attached hydrogens (tertiary/aromatic N) is 4. The molecule has 0 radical (unpaired) electrons. The van der Waals surface area contributed by atoms with Gasteiger partial charge in [0.1, 0.15) is 0 Å². The number of aromatic nitrogens is 4. The van der Waals surface area contributed by atoms with Gasteiger partial charge in [0.25, 0.3) is 0 Å². The summed E-state index contributed by atoms with van der Waals surface area (Å²) in [5.41, 5.74) is 0. The molecule has 128 valence electrons. The molecule has 23 heavy (non-hydrogen) atoms. The molecule has 1 aromatic heterocycles. The number of nitrogens with one attached hydrogen (secondary N) is 2. The van der Waals surface area contributed by atoms with Crippen LogP contribution in [-0.2, 0) is 16.1 Å². The van der Waals surface area contributed by atoms with Crippen molar-refractivity contribution in [1.29, 1.82) is 0 Å². The number of ether oxygens (including phenoxy) is 1. The summed E-state index contributed by atoms with van der Waals surface area (Å²) in [7, 11) is 0. The zero-order valence-corrected chi connectivity index (χ0v) is 13.5. The van der Waals surface area contributed by atoms with Crippen LogP contribution in [0, 0.1) is 0 Å². The molecule has 1 saturated carbocycles. The number of urea groups is 1. The van der Waals surface area contributed by atoms with Crippen molar-refractivity contribution in [3.8, 4) is 0 Å². The molecule has 0 bridgehead atoms. The van der Waals surface area contributed by atoms with Gasteiger partial charge < -0.3 is 15.4 Å². The zero-order valence-electron chi connectivity index (χ0n) is 13.5. The van der Waals surface area contributed by atoms with E-state index in [1.54, 1.807) is 6.92 Å². The van der Waals surface area contributed by atoms with Crippen LogP contribution in [-0.4, -0.2) is 45.4 Å². The Balaban J connectivity index is 1.72. The lowest BCUT2D eigenvalue weighted by Crippen LogP contribution is -2.37. The molecule has 0 atom stereocenters. The van der Waals surface area contributed by atoms with Crippen LogP contribution < -0.4 is 10.6 Å². The third-order valence-corrected chi connectivity index (χ3v) is 3.81. The quantitative estimate of drug-likeness (QED) is 0.722. The van der Waals surface area contributed by atoms with Crippen molar-refractivity contribution in [2.45, 2.75) is 58.0 Å². The Kier molecular flexibility index (Phi) is 6.76. The molecule has 9 nitrogen and oxygen atoms in total. The molecule has 2 amide bonds. The van der Waals surface area contributed by atoms with E-state index in [4.69, 9.17) is 4.74 Å². The third kappa shape index (κ3) is 5.50. The third-order valence-electron chi connectivity index (χ3n) is 3.81. The van der Waals surface area contributed by atoms with Crippen molar-refractivity contribution in [2.75, 3.05) is 13.2 Å². The van der Waals surface area contributed by atoms with E-state index in [1.807, 2.05) is 4.68 Å². The molecule has 1 aliphatic rings. The Bertz CT molecular complexity index is 512. The summed E-state index contributed by atoms with van der Waals surface area (Å²) in [6.07, 6.45) is 5.93. The van der Waals surface area contributed by atoms with Crippen LogP contribution in [0.5, 0.6) is 0 Å². The van der Waals surface area contributed by atoms with Crippen LogP contribution in [0.1, 0.15) is 57.3 Å². The summed E-state index contributed by atoms with van der Waals surface area (Å²) in [4.78, 5) is 22.9. The molecule has 2 N–H and O–H groups in total. The van der Waals surface area contributed by atoms with Crippen molar-refractivity contribution >= 4 is 12.0 Å². The van der Waals surface area contributed by atoms with Gasteiger partial charge in [-0.05, 0) is 30.2 Å². The highest BCUT2D eigenvalue weighted by Crippen LogP contribution is 2.27. The molecular weight excluding hydrogens is 300 g/mol. The minimum atomic E-state index is -0.354. The average Bonchev–Trinajstić information content (AvgIpc) is 3.02. The Hall–Kier alpha value is -2.19. The number of tetrazole rings is 1. The number of rotatable bonds is 7. The normalized spacial score (nSPS) is 15.2. The van der Waals surface area contributed by atoms with Gasteiger partial charge in [0.15, 0.2) is 5.82 Å². The molecule has 0 aliphatic heterocycles. The molecule has 0 saturated heterocycles. The predicted molar refractivity (Wildman–Crippen MR) is 81.4 cm³/mol. The molecule has 1 heterocycles. The zero-order chi connectivity index (χ0) is 16.5. The van der Waals surface area contributed by atoms with Gasteiger partial charge in [-0.2, -0.15) is 0 Å². The Morgan fingerprint density at radius 1 is 1.26 bits per heavy atom. The van der Waals surface area contributed by atoms with Gasteiger partial charge in [-0.25, -0.2) is 9.48 Å². The summed E-state index contributed by atoms with van der Waals surface area (Å²) >= 11 is 0. The fraction of sp³-hybridized carbons (Fsp3) is 0.786. The maximum atomic E-state index is 11.7. The van der Waals surface area contributed by atoms with Crippen molar-refractivity contribution in [3.05, 3.63) is 5.82 Å². The van der Waals surface area contributed by atoms with Crippen LogP contribution in [0.15, 0.2) is 0 Å². The van der Waals surface area contributed by atoms with Crippen LogP contribution in [0.25, 0.3) is 0 Å². The molecule has 1 aliphatic carbocycles. The smallest absolute Gasteiger partial charge is 0.315 e. The lowest BCUT2D eigenvalue weighted by molar-refractivity contribution is -0.142. The van der Waals surface area contributed by atoms with Crippen molar-refractivity contribution < 1.29 is 14.3 Å². The fourth-order valence-corrected chi connectivity index (χ4v) is 2.67. The predicted octanol–water partition coefficient (Wildman–Crippen LogP) is 0.931. The van der Waals surface area contributed by atoms with E-state index in [9.17, 15) is 9.59 Å². The molecule has 0 aromatic carbocycles. The van der Waals surface area contributed by atoms with E-state index in [-0.39, 0.29) is 31.5 Å². The lowest BCUT2D eigenvalue weighted by atomic mass is 9.96. The molecule has 1 aromatic rings. The summed E-state index contributed by atoms with van der Waals surface area (Å²) in [6, 6.07) is -0.0325. The second-order valence-corrected chi connectivity index (χ2v) is 5.50. The maximum absolute atomic E-state index is 11.7. The Morgan fingerprint density at radius 3 is 2.78 bits per heavy atom. The number of amides is 2. The van der Waals surface area contributed by atoms with Crippen LogP contribution in [0.2, 0.25) is 0 Å². The van der Waals surface area contributed by atoms with Crippen LogP contribution in [0.3, 0.4) is 0 Å². The van der Waals surface area contributed by atoms with E-state index >= 15 is 0 Å². The summed E-state index contributed by atoms with van der Waals surface area (Å²) < 4.78 is 6.60. The SMILES string of the molecule is CCOC(=O)CCNC(=O)NCc1nnnn1C1CCCCC1. The maximum Gasteiger partial charge on any atom is 0.315 e. The number of carbonyl (C=O) groups excluding carboxylic acids is 2. The number of hydrogen-bond acceptors (Lipinski definition) is 6. The Morgan fingerprint density at radius 2 is 2.04 bits per heavy atom. The summed E-state index contributed by atoms with van der Waals surface area (Å²) in [5, 5.41) is 17.0. The largest absolute Gasteiger partial charge is 0.466 e. The van der Waals surface area contributed by atoms with E-state index in [0.717, 1.165) is 12.8 Å². The van der Waals surface area contributed by atoms with Crippen molar-refractivity contribution in [1.82, 2.24) is 30.8 Å². The molecule has 0 spiro atoms. The topological polar surface area (TPSA) is 111 Å². The second kappa shape index (κ2) is 9.06. The van der Waals surface area contributed by atoms with Crippen molar-refractivity contribution in [2.24, 2.45) is 0 Å². The molecule has 0 unspecified atom stereocenters. The number of hydrogen-bond donors (Lipinski definition) is 2. The summed E-state index contributed by atoms with van der Waals surface area (Å²) in [5.74, 6) is 0.325. The van der Waals surface area contributed by atoms with E-state index < -0.39 is 0 Å². The van der Waals surface area contributed by atoms with E-state index in [2.05, 4.69) is 26.2 Å². The second-order valence-electron chi connectivity index (χ2n) is 5.50. The molecule has 9 heteroatoms. The van der Waals surface area contributed by atoms with Gasteiger partial charge in [-0.1, -0.05) is 19.3 Å². The van der Waals surface area contributed by atoms with E-state index in [1.165, 1.54) is 19.3 Å². The van der Waals surface area contributed by atoms with Gasteiger partial charge in [-0.15, -0.1) is 5.10 Å². The molecular formula is C14H24N6O3. The minimum absolute atomic E-state index is 0.154. The first-order chi connectivity index (χ1) is 11.2. The standard InChI is InChI=1S/C14H24N6O3/c1-2-23-13(21)8-9-15-14(22)16-10-12-17-18-19-20(12)11-6-4-3-5-7-11/h11H,2-10H2,1H3,(H2,15,16,22). The van der Waals surface area contributed by atoms with Gasteiger partial charge >= 0.3 is 12.0 Å². The highest BCUT2D eigenvalue weighted by molar-refractivity contribution is 5.75. The molecule has 1 fully saturated rings. The lowest BCUT2D eigenvalue weighted by Gasteiger charge is -2.22. The number of carbonyl (C=O) groups is 2. The van der Waals surface area contributed by atoms with Gasteiger partial charge in [0.2, 0.25) is 0 Å². The van der Waals surface area contributed by atoms with Crippen LogP contribution >= 0.6 is 0 Å². The fourth-order valence-electron chi connectivity index (χ4n) is 2.67. The van der Waals surface area contributed by atoms with Crippen molar-refractivity contribution in [3.63, 3.8) is 0 Å². The first kappa shape index (κ1) is 17.2. The summed E-state index contributed by atoms with van der Waals surface area (Å²) in [6.45, 7) is 2.58.